The molecule has 0 radical (unpaired) electrons. The number of rotatable bonds is 1. The van der Waals surface area contributed by atoms with Crippen LogP contribution in [0.5, 0.6) is 5.75 Å². The van der Waals surface area contributed by atoms with E-state index in [4.69, 9.17) is 0 Å². The molecule has 0 atom stereocenters. The number of nitrogens with zero attached hydrogens (tertiary/aromatic N) is 2. The van der Waals surface area contributed by atoms with E-state index >= 15 is 0 Å². The molecule has 2 aromatic carbocycles. The zero-order valence-electron chi connectivity index (χ0n) is 14.8. The van der Waals surface area contributed by atoms with Crippen LogP contribution >= 0.6 is 0 Å². The Morgan fingerprint density at radius 1 is 0.960 bits per heavy atom. The van der Waals surface area contributed by atoms with Gasteiger partial charge in [-0.2, -0.15) is 0 Å². The fourth-order valence-corrected chi connectivity index (χ4v) is 3.38. The summed E-state index contributed by atoms with van der Waals surface area (Å²) in [5.74, 6) is 1.18. The SMILES string of the molecule is CC(C)(C)c1ccnc(N2Cc3ccccc3-c3ccc(O)cc32)c1. The highest BCUT2D eigenvalue weighted by atomic mass is 16.3. The molecule has 0 fully saturated rings. The highest BCUT2D eigenvalue weighted by molar-refractivity contribution is 5.87. The van der Waals surface area contributed by atoms with Gasteiger partial charge >= 0.3 is 0 Å². The first-order valence-corrected chi connectivity index (χ1v) is 8.59. The first-order chi connectivity index (χ1) is 11.9. The minimum absolute atomic E-state index is 0.0625. The van der Waals surface area contributed by atoms with Gasteiger partial charge in [0.25, 0.3) is 0 Å². The molecule has 25 heavy (non-hydrogen) atoms. The fraction of sp³-hybridized carbons (Fsp3) is 0.227. The van der Waals surface area contributed by atoms with Gasteiger partial charge < -0.3 is 10.0 Å². The molecule has 3 heteroatoms. The molecule has 0 unspecified atom stereocenters. The highest BCUT2D eigenvalue weighted by Crippen LogP contribution is 2.43. The Balaban J connectivity index is 1.89. The second-order valence-corrected chi connectivity index (χ2v) is 7.60. The van der Waals surface area contributed by atoms with Gasteiger partial charge in [-0.1, -0.05) is 45.0 Å². The number of fused-ring (bicyclic) bond motifs is 3. The van der Waals surface area contributed by atoms with E-state index in [-0.39, 0.29) is 11.2 Å². The lowest BCUT2D eigenvalue weighted by Gasteiger charge is -2.33. The normalized spacial score (nSPS) is 13.3. The van der Waals surface area contributed by atoms with Gasteiger partial charge in [-0.25, -0.2) is 4.98 Å². The van der Waals surface area contributed by atoms with Crippen molar-refractivity contribution in [3.8, 4) is 16.9 Å². The Morgan fingerprint density at radius 2 is 1.76 bits per heavy atom. The van der Waals surface area contributed by atoms with Gasteiger partial charge in [0.15, 0.2) is 0 Å². The van der Waals surface area contributed by atoms with Gasteiger partial charge in [0.05, 0.1) is 12.2 Å². The lowest BCUT2D eigenvalue weighted by atomic mass is 9.87. The Hall–Kier alpha value is -2.81. The summed E-state index contributed by atoms with van der Waals surface area (Å²) in [6.45, 7) is 7.36. The summed E-state index contributed by atoms with van der Waals surface area (Å²) in [5, 5.41) is 10.0. The molecular formula is C22H22N2O. The van der Waals surface area contributed by atoms with E-state index in [2.05, 4.69) is 67.1 Å². The third kappa shape index (κ3) is 2.76. The van der Waals surface area contributed by atoms with Gasteiger partial charge in [0.2, 0.25) is 0 Å². The van der Waals surface area contributed by atoms with Crippen molar-refractivity contribution in [1.82, 2.24) is 4.98 Å². The molecule has 3 nitrogen and oxygen atoms in total. The van der Waals surface area contributed by atoms with Crippen LogP contribution in [0.25, 0.3) is 11.1 Å². The van der Waals surface area contributed by atoms with Crippen LogP contribution in [0.2, 0.25) is 0 Å². The summed E-state index contributed by atoms with van der Waals surface area (Å²) < 4.78 is 0. The summed E-state index contributed by atoms with van der Waals surface area (Å²) in [7, 11) is 0. The minimum Gasteiger partial charge on any atom is -0.508 e. The summed E-state index contributed by atoms with van der Waals surface area (Å²) in [6, 6.07) is 18.2. The van der Waals surface area contributed by atoms with E-state index in [0.717, 1.165) is 23.6 Å². The molecule has 1 aliphatic rings. The van der Waals surface area contributed by atoms with Crippen LogP contribution in [-0.4, -0.2) is 10.1 Å². The van der Waals surface area contributed by atoms with Crippen LogP contribution in [0.1, 0.15) is 31.9 Å². The molecule has 0 saturated heterocycles. The second kappa shape index (κ2) is 5.62. The average molecular weight is 330 g/mol. The first kappa shape index (κ1) is 15.7. The number of aromatic hydroxyl groups is 1. The van der Waals surface area contributed by atoms with E-state index in [1.807, 2.05) is 18.3 Å². The van der Waals surface area contributed by atoms with Crippen molar-refractivity contribution in [2.45, 2.75) is 32.7 Å². The molecule has 1 N–H and O–H groups in total. The van der Waals surface area contributed by atoms with Crippen LogP contribution in [0, 0.1) is 0 Å². The Morgan fingerprint density at radius 3 is 2.56 bits per heavy atom. The first-order valence-electron chi connectivity index (χ1n) is 8.59. The van der Waals surface area contributed by atoms with Crippen LogP contribution in [0.15, 0.2) is 60.8 Å². The van der Waals surface area contributed by atoms with Crippen LogP contribution in [0.4, 0.5) is 11.5 Å². The maximum Gasteiger partial charge on any atom is 0.133 e. The number of benzene rings is 2. The van der Waals surface area contributed by atoms with Crippen molar-refractivity contribution >= 4 is 11.5 Å². The van der Waals surface area contributed by atoms with Crippen molar-refractivity contribution in [3.05, 3.63) is 71.9 Å². The summed E-state index contributed by atoms with van der Waals surface area (Å²) >= 11 is 0. The predicted molar refractivity (Wildman–Crippen MR) is 102 cm³/mol. The van der Waals surface area contributed by atoms with Crippen molar-refractivity contribution < 1.29 is 5.11 Å². The standard InChI is InChI=1S/C22H22N2O/c1-22(2,3)16-10-11-23-21(12-16)24-14-15-6-4-5-7-18(15)19-9-8-17(25)13-20(19)24/h4-13,25H,14H2,1-3H3. The molecule has 0 aliphatic carbocycles. The van der Waals surface area contributed by atoms with Gasteiger partial charge in [0.1, 0.15) is 11.6 Å². The maximum atomic E-state index is 10.0. The predicted octanol–water partition coefficient (Wildman–Crippen LogP) is 5.40. The van der Waals surface area contributed by atoms with Crippen LogP contribution in [0.3, 0.4) is 0 Å². The Bertz CT molecular complexity index is 941. The Labute approximate surface area is 148 Å². The molecular weight excluding hydrogens is 308 g/mol. The number of hydrogen-bond donors (Lipinski definition) is 1. The zero-order valence-corrected chi connectivity index (χ0v) is 14.8. The van der Waals surface area contributed by atoms with Crippen LogP contribution < -0.4 is 4.90 Å². The van der Waals surface area contributed by atoms with Crippen molar-refractivity contribution in [1.29, 1.82) is 0 Å². The lowest BCUT2D eigenvalue weighted by Crippen LogP contribution is -2.23. The second-order valence-electron chi connectivity index (χ2n) is 7.60. The monoisotopic (exact) mass is 330 g/mol. The molecule has 3 aromatic rings. The Kier molecular flexibility index (Phi) is 3.53. The number of aromatic nitrogens is 1. The molecule has 126 valence electrons. The van der Waals surface area contributed by atoms with E-state index in [1.165, 1.54) is 16.7 Å². The smallest absolute Gasteiger partial charge is 0.133 e. The van der Waals surface area contributed by atoms with E-state index in [0.29, 0.717) is 0 Å². The number of pyridine rings is 1. The van der Waals surface area contributed by atoms with Gasteiger partial charge in [-0.05, 0) is 46.4 Å². The molecule has 0 spiro atoms. The number of anilines is 2. The number of hydrogen-bond acceptors (Lipinski definition) is 3. The fourth-order valence-electron chi connectivity index (χ4n) is 3.38. The lowest BCUT2D eigenvalue weighted by molar-refractivity contribution is 0.475. The van der Waals surface area contributed by atoms with Gasteiger partial charge in [-0.3, -0.25) is 0 Å². The molecule has 1 aliphatic heterocycles. The third-order valence-electron chi connectivity index (χ3n) is 4.80. The molecule has 0 saturated carbocycles. The average Bonchev–Trinajstić information content (AvgIpc) is 2.60. The molecule has 0 bridgehead atoms. The molecule has 2 heterocycles. The summed E-state index contributed by atoms with van der Waals surface area (Å²) in [6.07, 6.45) is 1.87. The molecule has 0 amide bonds. The molecule has 4 rings (SSSR count). The van der Waals surface area contributed by atoms with Crippen molar-refractivity contribution in [2.24, 2.45) is 0 Å². The van der Waals surface area contributed by atoms with Crippen LogP contribution in [-0.2, 0) is 12.0 Å². The number of phenolic OH excluding ortho intramolecular Hbond substituents is 1. The van der Waals surface area contributed by atoms with E-state index in [1.54, 1.807) is 6.07 Å². The molecule has 1 aromatic heterocycles. The summed E-state index contributed by atoms with van der Waals surface area (Å²) in [4.78, 5) is 6.81. The third-order valence-corrected chi connectivity index (χ3v) is 4.80. The van der Waals surface area contributed by atoms with Gasteiger partial charge in [0, 0.05) is 17.8 Å². The van der Waals surface area contributed by atoms with Crippen molar-refractivity contribution in [3.63, 3.8) is 0 Å². The zero-order chi connectivity index (χ0) is 17.6. The minimum atomic E-state index is 0.0625. The van der Waals surface area contributed by atoms with E-state index in [9.17, 15) is 5.11 Å². The number of phenols is 1. The van der Waals surface area contributed by atoms with Crippen molar-refractivity contribution in [2.75, 3.05) is 4.90 Å². The maximum absolute atomic E-state index is 10.0. The quantitative estimate of drug-likeness (QED) is 0.648. The summed E-state index contributed by atoms with van der Waals surface area (Å²) in [5.41, 5.74) is 5.93. The van der Waals surface area contributed by atoms with E-state index < -0.39 is 0 Å². The highest BCUT2D eigenvalue weighted by Gasteiger charge is 2.25. The largest absolute Gasteiger partial charge is 0.508 e. The topological polar surface area (TPSA) is 36.4 Å². The van der Waals surface area contributed by atoms with Gasteiger partial charge in [-0.15, -0.1) is 0 Å².